The highest BCUT2D eigenvalue weighted by Gasteiger charge is 2.14. The van der Waals surface area contributed by atoms with Gasteiger partial charge in [-0.15, -0.1) is 0 Å². The van der Waals surface area contributed by atoms with Gasteiger partial charge < -0.3 is 24.8 Å². The van der Waals surface area contributed by atoms with E-state index in [1.165, 1.54) is 23.1 Å². The summed E-state index contributed by atoms with van der Waals surface area (Å²) in [6.45, 7) is 12.8. The van der Waals surface area contributed by atoms with Gasteiger partial charge in [-0.2, -0.15) is 0 Å². The molecule has 1 amide bonds. The van der Waals surface area contributed by atoms with Crippen LogP contribution in [0.5, 0.6) is 17.2 Å². The lowest BCUT2D eigenvalue weighted by molar-refractivity contribution is -0.109. The molecule has 2 rings (SSSR count). The lowest BCUT2D eigenvalue weighted by Gasteiger charge is -2.17. The molecule has 6 nitrogen and oxygen atoms in total. The van der Waals surface area contributed by atoms with Crippen molar-refractivity contribution >= 4 is 12.0 Å². The summed E-state index contributed by atoms with van der Waals surface area (Å²) in [5, 5.41) is 5.90. The quantitative estimate of drug-likeness (QED) is 0.185. The number of benzene rings is 2. The molecule has 2 aromatic carbocycles. The molecule has 0 fully saturated rings. The Labute approximate surface area is 217 Å². The van der Waals surface area contributed by atoms with Crippen LogP contribution in [0.1, 0.15) is 62.8 Å². The Hall–Kier alpha value is -3.25. The van der Waals surface area contributed by atoms with Crippen molar-refractivity contribution in [1.82, 2.24) is 10.6 Å². The van der Waals surface area contributed by atoms with Crippen molar-refractivity contribution in [2.24, 2.45) is 0 Å². The first-order valence-electron chi connectivity index (χ1n) is 12.7. The predicted molar refractivity (Wildman–Crippen MR) is 150 cm³/mol. The number of amides is 1. The Morgan fingerprint density at radius 2 is 1.69 bits per heavy atom. The zero-order chi connectivity index (χ0) is 26.8. The molecule has 2 N–H and O–H groups in total. The summed E-state index contributed by atoms with van der Waals surface area (Å²) in [5.41, 5.74) is 5.65. The summed E-state index contributed by atoms with van der Waals surface area (Å²) >= 11 is 0. The summed E-state index contributed by atoms with van der Waals surface area (Å²) in [4.78, 5) is 10.4. The third-order valence-corrected chi connectivity index (χ3v) is 5.41. The van der Waals surface area contributed by atoms with Crippen molar-refractivity contribution in [3.63, 3.8) is 0 Å². The van der Waals surface area contributed by atoms with Crippen LogP contribution in [-0.2, 0) is 17.9 Å². The van der Waals surface area contributed by atoms with Crippen LogP contribution in [0.2, 0.25) is 0 Å². The van der Waals surface area contributed by atoms with Gasteiger partial charge in [-0.1, -0.05) is 63.6 Å². The number of carbonyl (C=O) groups is 1. The second kappa shape index (κ2) is 18.1. The second-order valence-electron chi connectivity index (χ2n) is 8.20. The van der Waals surface area contributed by atoms with Crippen LogP contribution < -0.4 is 24.8 Å². The molecule has 36 heavy (non-hydrogen) atoms. The topological polar surface area (TPSA) is 68.8 Å². The molecule has 198 valence electrons. The van der Waals surface area contributed by atoms with E-state index in [4.69, 9.17) is 14.2 Å². The number of nitrogens with one attached hydrogen (secondary N) is 2. The van der Waals surface area contributed by atoms with Gasteiger partial charge >= 0.3 is 0 Å². The molecule has 0 unspecified atom stereocenters. The number of rotatable bonds is 14. The molecule has 0 aromatic heterocycles. The van der Waals surface area contributed by atoms with Gasteiger partial charge in [-0.25, -0.2) is 0 Å². The molecule has 0 saturated heterocycles. The van der Waals surface area contributed by atoms with Crippen LogP contribution in [0.15, 0.2) is 48.6 Å². The van der Waals surface area contributed by atoms with Crippen LogP contribution in [0, 0.1) is 6.92 Å². The molecule has 0 bridgehead atoms. The largest absolute Gasteiger partial charge is 0.496 e. The minimum atomic E-state index is 0.440. The SMILES string of the molecule is C/C=C(\C=C/CC)c1cccc(COc2cc(OC)c(CNCCNC=O)c(OC)c2)c1C.CCC. The van der Waals surface area contributed by atoms with Gasteiger partial charge in [0.15, 0.2) is 0 Å². The van der Waals surface area contributed by atoms with Gasteiger partial charge in [0, 0.05) is 31.8 Å². The average Bonchev–Trinajstić information content (AvgIpc) is 2.89. The highest BCUT2D eigenvalue weighted by molar-refractivity contribution is 5.76. The minimum absolute atomic E-state index is 0.440. The van der Waals surface area contributed by atoms with E-state index in [1.807, 2.05) is 12.1 Å². The highest BCUT2D eigenvalue weighted by Crippen LogP contribution is 2.34. The third kappa shape index (κ3) is 9.78. The number of methoxy groups -OCH3 is 2. The van der Waals surface area contributed by atoms with Crippen molar-refractivity contribution < 1.29 is 19.0 Å². The molecule has 2 aromatic rings. The smallest absolute Gasteiger partial charge is 0.207 e. The van der Waals surface area contributed by atoms with E-state index >= 15 is 0 Å². The van der Waals surface area contributed by atoms with E-state index in [-0.39, 0.29) is 0 Å². The van der Waals surface area contributed by atoms with Crippen LogP contribution in [-0.4, -0.2) is 33.7 Å². The summed E-state index contributed by atoms with van der Waals surface area (Å²) < 4.78 is 17.3. The van der Waals surface area contributed by atoms with Gasteiger partial charge in [0.25, 0.3) is 0 Å². The average molecular weight is 497 g/mol. The summed E-state index contributed by atoms with van der Waals surface area (Å²) in [6, 6.07) is 10.1. The lowest BCUT2D eigenvalue weighted by Crippen LogP contribution is -2.26. The van der Waals surface area contributed by atoms with Gasteiger partial charge in [0.1, 0.15) is 23.9 Å². The first-order chi connectivity index (χ1) is 17.5. The van der Waals surface area contributed by atoms with E-state index in [1.54, 1.807) is 14.2 Å². The van der Waals surface area contributed by atoms with E-state index in [0.717, 1.165) is 17.5 Å². The summed E-state index contributed by atoms with van der Waals surface area (Å²) in [6.07, 6.45) is 9.42. The van der Waals surface area contributed by atoms with Gasteiger partial charge in [0.05, 0.1) is 19.8 Å². The Balaban J connectivity index is 0.00000205. The van der Waals surface area contributed by atoms with E-state index < -0.39 is 0 Å². The van der Waals surface area contributed by atoms with Gasteiger partial charge in [-0.3, -0.25) is 4.79 Å². The van der Waals surface area contributed by atoms with Crippen molar-refractivity contribution in [3.05, 3.63) is 70.8 Å². The van der Waals surface area contributed by atoms with Crippen LogP contribution in [0.3, 0.4) is 0 Å². The number of ether oxygens (including phenoxy) is 3. The fourth-order valence-electron chi connectivity index (χ4n) is 3.55. The fourth-order valence-corrected chi connectivity index (χ4v) is 3.55. The molecule has 0 saturated carbocycles. The van der Waals surface area contributed by atoms with Crippen molar-refractivity contribution in [3.8, 4) is 17.2 Å². The van der Waals surface area contributed by atoms with E-state index in [2.05, 4.69) is 81.7 Å². The van der Waals surface area contributed by atoms with Gasteiger partial charge in [0.2, 0.25) is 6.41 Å². The monoisotopic (exact) mass is 496 g/mol. The highest BCUT2D eigenvalue weighted by atomic mass is 16.5. The third-order valence-electron chi connectivity index (χ3n) is 5.41. The molecule has 0 aliphatic carbocycles. The summed E-state index contributed by atoms with van der Waals surface area (Å²) in [7, 11) is 3.26. The normalized spacial score (nSPS) is 11.0. The standard InChI is InChI=1S/C27H36N2O4.C3H8/c1-6-8-10-21(7-2)24-12-9-11-22(20(24)3)18-33-23-15-26(31-4)25(27(16-23)32-5)17-28-13-14-29-19-30;1-3-2/h7-12,15-16,19,28H,6,13-14,17-18H2,1-5H3,(H,29,30);3H2,1-2H3/b10-8-,21-7+;. The molecule has 0 aliphatic heterocycles. The number of hydrogen-bond acceptors (Lipinski definition) is 5. The molecule has 0 radical (unpaired) electrons. The Morgan fingerprint density at radius 3 is 2.25 bits per heavy atom. The molecule has 0 aliphatic rings. The molecular weight excluding hydrogens is 452 g/mol. The predicted octanol–water partition coefficient (Wildman–Crippen LogP) is 6.21. The fraction of sp³-hybridized carbons (Fsp3) is 0.433. The molecule has 0 atom stereocenters. The molecule has 6 heteroatoms. The van der Waals surface area contributed by atoms with Gasteiger partial charge in [-0.05, 0) is 42.5 Å². The van der Waals surface area contributed by atoms with Crippen LogP contribution in [0.4, 0.5) is 0 Å². The molecular formula is C30H44N2O4. The Bertz CT molecular complexity index is 958. The summed E-state index contributed by atoms with van der Waals surface area (Å²) in [5.74, 6) is 2.05. The first kappa shape index (κ1) is 30.8. The molecule has 0 heterocycles. The van der Waals surface area contributed by atoms with E-state index in [9.17, 15) is 4.79 Å². The molecule has 0 spiro atoms. The zero-order valence-electron chi connectivity index (χ0n) is 23.1. The minimum Gasteiger partial charge on any atom is -0.496 e. The Morgan fingerprint density at radius 1 is 1.03 bits per heavy atom. The Kier molecular flexibility index (Phi) is 15.5. The number of hydrogen-bond donors (Lipinski definition) is 2. The maximum atomic E-state index is 10.4. The zero-order valence-corrected chi connectivity index (χ0v) is 23.1. The lowest BCUT2D eigenvalue weighted by atomic mass is 9.96. The number of allylic oxidation sites excluding steroid dienone is 4. The maximum Gasteiger partial charge on any atom is 0.207 e. The van der Waals surface area contributed by atoms with Crippen molar-refractivity contribution in [2.75, 3.05) is 27.3 Å². The van der Waals surface area contributed by atoms with Crippen molar-refractivity contribution in [1.29, 1.82) is 0 Å². The second-order valence-corrected chi connectivity index (χ2v) is 8.20. The van der Waals surface area contributed by atoms with E-state index in [0.29, 0.717) is 49.9 Å². The maximum absolute atomic E-state index is 10.4. The number of carbonyl (C=O) groups excluding carboxylic acids is 1. The van der Waals surface area contributed by atoms with Crippen LogP contribution >= 0.6 is 0 Å². The van der Waals surface area contributed by atoms with Crippen LogP contribution in [0.25, 0.3) is 5.57 Å². The van der Waals surface area contributed by atoms with Crippen molar-refractivity contribution in [2.45, 2.75) is 60.6 Å². The first-order valence-corrected chi connectivity index (χ1v) is 12.7.